The van der Waals surface area contributed by atoms with Gasteiger partial charge >= 0.3 is 6.03 Å². The zero-order valence-electron chi connectivity index (χ0n) is 14.4. The van der Waals surface area contributed by atoms with Crippen molar-refractivity contribution in [3.8, 4) is 0 Å². The molecule has 1 aromatic rings. The van der Waals surface area contributed by atoms with Crippen LogP contribution in [0, 0.1) is 0 Å². The van der Waals surface area contributed by atoms with Crippen LogP contribution in [0.4, 0.5) is 4.79 Å². The number of carbonyl (C=O) groups is 2. The molecule has 0 radical (unpaired) electrons. The number of carbonyl (C=O) groups excluding carboxylic acids is 2. The topological polar surface area (TPSA) is 91.2 Å². The van der Waals surface area contributed by atoms with Crippen molar-refractivity contribution in [3.05, 3.63) is 16.5 Å². The molecular formula is C15H22ClN4O4S2+. The van der Waals surface area contributed by atoms with Gasteiger partial charge in [-0.1, -0.05) is 24.9 Å². The van der Waals surface area contributed by atoms with E-state index in [1.165, 1.54) is 15.3 Å². The Morgan fingerprint density at radius 2 is 2.00 bits per heavy atom. The van der Waals surface area contributed by atoms with Crippen molar-refractivity contribution in [3.63, 3.8) is 0 Å². The van der Waals surface area contributed by atoms with Crippen LogP contribution in [0.2, 0.25) is 4.34 Å². The first-order chi connectivity index (χ1) is 12.3. The number of urea groups is 1. The predicted octanol–water partition coefficient (Wildman–Crippen LogP) is -0.0313. The number of rotatable bonds is 6. The van der Waals surface area contributed by atoms with Crippen molar-refractivity contribution in [2.45, 2.75) is 30.0 Å². The molecule has 0 unspecified atom stereocenters. The third-order valence-corrected chi connectivity index (χ3v) is 8.24. The highest BCUT2D eigenvalue weighted by molar-refractivity contribution is 7.91. The molecule has 0 aliphatic carbocycles. The second-order valence-electron chi connectivity index (χ2n) is 6.43. The number of imide groups is 1. The highest BCUT2D eigenvalue weighted by atomic mass is 35.5. The molecular weight excluding hydrogens is 400 g/mol. The molecule has 26 heavy (non-hydrogen) atoms. The lowest BCUT2D eigenvalue weighted by Gasteiger charge is -2.32. The van der Waals surface area contributed by atoms with Gasteiger partial charge in [-0.15, -0.1) is 11.3 Å². The number of hydrogen-bond acceptors (Lipinski definition) is 5. The Kier molecular flexibility index (Phi) is 5.88. The van der Waals surface area contributed by atoms with Gasteiger partial charge in [-0.2, -0.15) is 4.31 Å². The summed E-state index contributed by atoms with van der Waals surface area (Å²) < 4.78 is 27.3. The zero-order valence-corrected chi connectivity index (χ0v) is 16.8. The van der Waals surface area contributed by atoms with E-state index in [0.717, 1.165) is 22.7 Å². The van der Waals surface area contributed by atoms with E-state index in [1.807, 2.05) is 6.92 Å². The van der Waals surface area contributed by atoms with Crippen molar-refractivity contribution < 1.29 is 22.9 Å². The largest absolute Gasteiger partial charge is 0.329 e. The molecule has 144 valence electrons. The number of quaternary nitrogens is 1. The van der Waals surface area contributed by atoms with Gasteiger partial charge < -0.3 is 10.2 Å². The minimum Gasteiger partial charge on any atom is -0.326 e. The number of nitrogens with zero attached hydrogens (tertiary/aromatic N) is 2. The summed E-state index contributed by atoms with van der Waals surface area (Å²) in [5.41, 5.74) is 0. The third-order valence-electron chi connectivity index (χ3n) is 4.64. The van der Waals surface area contributed by atoms with Crippen LogP contribution in [-0.4, -0.2) is 68.5 Å². The molecule has 3 heterocycles. The maximum atomic E-state index is 12.6. The fourth-order valence-corrected chi connectivity index (χ4v) is 6.28. The fraction of sp³-hybridized carbons (Fsp3) is 0.600. The van der Waals surface area contributed by atoms with Gasteiger partial charge in [0, 0.05) is 0 Å². The number of sulfonamides is 1. The smallest absolute Gasteiger partial charge is 0.326 e. The summed E-state index contributed by atoms with van der Waals surface area (Å²) in [4.78, 5) is 26.6. The second-order valence-corrected chi connectivity index (χ2v) is 10.3. The molecule has 0 saturated carbocycles. The van der Waals surface area contributed by atoms with Crippen molar-refractivity contribution in [2.75, 3.05) is 32.8 Å². The van der Waals surface area contributed by atoms with Crippen LogP contribution >= 0.6 is 22.9 Å². The summed E-state index contributed by atoms with van der Waals surface area (Å²) in [5, 5.41) is 2.71. The van der Waals surface area contributed by atoms with Gasteiger partial charge in [0.1, 0.15) is 10.3 Å². The van der Waals surface area contributed by atoms with Crippen LogP contribution in [0.1, 0.15) is 19.8 Å². The Labute approximate surface area is 161 Å². The summed E-state index contributed by atoms with van der Waals surface area (Å²) >= 11 is 6.89. The van der Waals surface area contributed by atoms with Gasteiger partial charge in [0.15, 0.2) is 6.67 Å². The lowest BCUT2D eigenvalue weighted by Crippen LogP contribution is -3.16. The normalized spacial score (nSPS) is 22.8. The molecule has 2 fully saturated rings. The number of halogens is 1. The van der Waals surface area contributed by atoms with Crippen LogP contribution in [0.25, 0.3) is 0 Å². The van der Waals surface area contributed by atoms with Crippen LogP contribution in [0.5, 0.6) is 0 Å². The lowest BCUT2D eigenvalue weighted by atomic mass is 10.2. The molecule has 0 bridgehead atoms. The van der Waals surface area contributed by atoms with E-state index in [1.54, 1.807) is 6.07 Å². The van der Waals surface area contributed by atoms with E-state index in [4.69, 9.17) is 11.6 Å². The van der Waals surface area contributed by atoms with Gasteiger partial charge in [-0.3, -0.25) is 4.79 Å². The maximum Gasteiger partial charge on any atom is 0.329 e. The first-order valence-electron chi connectivity index (χ1n) is 8.54. The number of hydrogen-bond donors (Lipinski definition) is 2. The van der Waals surface area contributed by atoms with Gasteiger partial charge in [0.25, 0.3) is 15.9 Å². The SMILES string of the molecule is CCC[C@H]1NC(=O)N(C[NH+]2CCN(S(=O)(=O)c3ccc(Cl)s3)CC2)C1=O. The Bertz CT molecular complexity index is 789. The average Bonchev–Trinajstić information content (AvgIpc) is 3.15. The predicted molar refractivity (Wildman–Crippen MR) is 97.7 cm³/mol. The molecule has 2 N–H and O–H groups in total. The summed E-state index contributed by atoms with van der Waals surface area (Å²) in [6, 6.07) is 2.30. The second kappa shape index (κ2) is 7.81. The van der Waals surface area contributed by atoms with E-state index < -0.39 is 16.1 Å². The molecule has 3 rings (SSSR count). The standard InChI is InChI=1S/C15H21ClN4O4S2/c1-2-3-11-14(21)20(15(22)17-11)10-18-6-8-19(9-7-18)26(23,24)13-5-4-12(16)25-13/h4-5,11H,2-3,6-10H2,1H3,(H,17,22)/p+1/t11-/m1/s1. The van der Waals surface area contributed by atoms with Gasteiger partial charge in [0.2, 0.25) is 0 Å². The molecule has 2 aliphatic heterocycles. The Hall–Kier alpha value is -1.20. The van der Waals surface area contributed by atoms with Crippen LogP contribution < -0.4 is 10.2 Å². The first-order valence-corrected chi connectivity index (χ1v) is 11.2. The molecule has 2 saturated heterocycles. The molecule has 11 heteroatoms. The highest BCUT2D eigenvalue weighted by Crippen LogP contribution is 2.28. The van der Waals surface area contributed by atoms with Crippen molar-refractivity contribution in [2.24, 2.45) is 0 Å². The molecule has 8 nitrogen and oxygen atoms in total. The van der Waals surface area contributed by atoms with E-state index in [-0.39, 0.29) is 22.8 Å². The number of amides is 3. The van der Waals surface area contributed by atoms with Crippen molar-refractivity contribution >= 4 is 44.9 Å². The molecule has 1 atom stereocenters. The summed E-state index contributed by atoms with van der Waals surface area (Å²) in [5.74, 6) is -0.187. The third kappa shape index (κ3) is 3.89. The number of nitrogens with one attached hydrogen (secondary N) is 2. The van der Waals surface area contributed by atoms with E-state index >= 15 is 0 Å². The number of thiophene rings is 1. The summed E-state index contributed by atoms with van der Waals surface area (Å²) in [6.07, 6.45) is 1.45. The van der Waals surface area contributed by atoms with Gasteiger partial charge in [-0.25, -0.2) is 18.1 Å². The van der Waals surface area contributed by atoms with Gasteiger partial charge in [0.05, 0.1) is 30.5 Å². The monoisotopic (exact) mass is 421 g/mol. The highest BCUT2D eigenvalue weighted by Gasteiger charge is 2.40. The number of piperazine rings is 1. The summed E-state index contributed by atoms with van der Waals surface area (Å²) in [6.45, 7) is 3.99. The zero-order chi connectivity index (χ0) is 18.9. The Balaban J connectivity index is 1.57. The first kappa shape index (κ1) is 19.6. The van der Waals surface area contributed by atoms with Crippen LogP contribution in [0.15, 0.2) is 16.3 Å². The maximum absolute atomic E-state index is 12.6. The van der Waals surface area contributed by atoms with E-state index in [9.17, 15) is 18.0 Å². The lowest BCUT2D eigenvalue weighted by molar-refractivity contribution is -0.910. The van der Waals surface area contributed by atoms with E-state index in [0.29, 0.717) is 36.9 Å². The van der Waals surface area contributed by atoms with Crippen LogP contribution in [0.3, 0.4) is 0 Å². The van der Waals surface area contributed by atoms with Crippen molar-refractivity contribution in [1.29, 1.82) is 0 Å². The minimum absolute atomic E-state index is 0.187. The summed E-state index contributed by atoms with van der Waals surface area (Å²) in [7, 11) is -3.54. The van der Waals surface area contributed by atoms with E-state index in [2.05, 4.69) is 5.32 Å². The van der Waals surface area contributed by atoms with Crippen molar-refractivity contribution in [1.82, 2.24) is 14.5 Å². The fourth-order valence-electron chi connectivity index (χ4n) is 3.20. The molecule has 0 aromatic carbocycles. The Morgan fingerprint density at radius 1 is 1.31 bits per heavy atom. The quantitative estimate of drug-likeness (QED) is 0.631. The molecule has 0 spiro atoms. The molecule has 1 aromatic heterocycles. The Morgan fingerprint density at radius 3 is 2.58 bits per heavy atom. The van der Waals surface area contributed by atoms with Crippen LogP contribution in [-0.2, 0) is 14.8 Å². The van der Waals surface area contributed by atoms with Gasteiger partial charge in [-0.05, 0) is 18.6 Å². The average molecular weight is 422 g/mol. The minimum atomic E-state index is -3.54. The molecule has 2 aliphatic rings. The molecule has 3 amide bonds.